The summed E-state index contributed by atoms with van der Waals surface area (Å²) in [4.78, 5) is 0. The Morgan fingerprint density at radius 2 is 2.10 bits per heavy atom. The summed E-state index contributed by atoms with van der Waals surface area (Å²) in [6.45, 7) is 7.59. The first-order valence-electron chi connectivity index (χ1n) is 8.00. The molecular formula is C17H29N3. The van der Waals surface area contributed by atoms with Crippen LogP contribution < -0.4 is 5.32 Å². The van der Waals surface area contributed by atoms with Crippen molar-refractivity contribution >= 4 is 6.08 Å². The van der Waals surface area contributed by atoms with Crippen molar-refractivity contribution in [3.05, 3.63) is 23.0 Å². The van der Waals surface area contributed by atoms with Gasteiger partial charge < -0.3 is 5.32 Å². The van der Waals surface area contributed by atoms with Crippen LogP contribution in [0.1, 0.15) is 57.2 Å². The van der Waals surface area contributed by atoms with Gasteiger partial charge >= 0.3 is 0 Å². The zero-order valence-corrected chi connectivity index (χ0v) is 13.4. The molecule has 0 spiro atoms. The van der Waals surface area contributed by atoms with Crippen LogP contribution in [0.4, 0.5) is 0 Å². The molecule has 0 radical (unpaired) electrons. The van der Waals surface area contributed by atoms with Crippen molar-refractivity contribution in [3.63, 3.8) is 0 Å². The zero-order chi connectivity index (χ0) is 14.5. The molecule has 3 nitrogen and oxygen atoms in total. The van der Waals surface area contributed by atoms with Gasteiger partial charge in [-0.2, -0.15) is 5.10 Å². The number of aryl methyl sites for hydroxylation is 1. The van der Waals surface area contributed by atoms with Crippen molar-refractivity contribution in [1.29, 1.82) is 0 Å². The fourth-order valence-electron chi connectivity index (χ4n) is 2.97. The predicted octanol–water partition coefficient (Wildman–Crippen LogP) is 3.69. The molecule has 0 bridgehead atoms. The molecule has 0 aliphatic heterocycles. The Hall–Kier alpha value is -1.09. The number of hydrogen-bond donors (Lipinski definition) is 1. The monoisotopic (exact) mass is 275 g/mol. The van der Waals surface area contributed by atoms with Gasteiger partial charge in [-0.15, -0.1) is 0 Å². The maximum absolute atomic E-state index is 4.36. The van der Waals surface area contributed by atoms with Gasteiger partial charge in [0.1, 0.15) is 0 Å². The molecule has 112 valence electrons. The Morgan fingerprint density at radius 1 is 1.40 bits per heavy atom. The smallest absolute Gasteiger partial charge is 0.0564 e. The molecule has 1 N–H and O–H groups in total. The summed E-state index contributed by atoms with van der Waals surface area (Å²) in [5.74, 6) is 0.759. The van der Waals surface area contributed by atoms with Gasteiger partial charge in [-0.1, -0.05) is 44.8 Å². The Balaban J connectivity index is 2.17. The topological polar surface area (TPSA) is 29.9 Å². The standard InChI is InChI=1S/C17H29N3/c1-13(2)18-11-17(15-8-6-5-7-9-15)10-16-12-19-20(4)14(16)3/h10,12-13,15,18H,5-9,11H2,1-4H3. The van der Waals surface area contributed by atoms with E-state index in [2.05, 4.69) is 37.3 Å². The van der Waals surface area contributed by atoms with Crippen molar-refractivity contribution in [3.8, 4) is 0 Å². The first kappa shape index (κ1) is 15.3. The third-order valence-corrected chi connectivity index (χ3v) is 4.46. The van der Waals surface area contributed by atoms with Gasteiger partial charge in [0.15, 0.2) is 0 Å². The van der Waals surface area contributed by atoms with Crippen LogP contribution >= 0.6 is 0 Å². The average molecular weight is 275 g/mol. The van der Waals surface area contributed by atoms with E-state index < -0.39 is 0 Å². The number of rotatable bonds is 5. The quantitative estimate of drug-likeness (QED) is 0.888. The van der Waals surface area contributed by atoms with Crippen LogP contribution in [0.5, 0.6) is 0 Å². The minimum absolute atomic E-state index is 0.539. The van der Waals surface area contributed by atoms with Crippen molar-refractivity contribution in [2.75, 3.05) is 6.54 Å². The number of hydrogen-bond acceptors (Lipinski definition) is 2. The summed E-state index contributed by atoms with van der Waals surface area (Å²) >= 11 is 0. The first-order valence-corrected chi connectivity index (χ1v) is 8.00. The van der Waals surface area contributed by atoms with E-state index in [9.17, 15) is 0 Å². The maximum atomic E-state index is 4.36. The van der Waals surface area contributed by atoms with Crippen LogP contribution in [0.2, 0.25) is 0 Å². The van der Waals surface area contributed by atoms with Gasteiger partial charge in [0.25, 0.3) is 0 Å². The molecule has 1 aromatic rings. The minimum Gasteiger partial charge on any atom is -0.311 e. The number of nitrogens with one attached hydrogen (secondary N) is 1. The van der Waals surface area contributed by atoms with Gasteiger partial charge in [0.05, 0.1) is 6.20 Å². The third-order valence-electron chi connectivity index (χ3n) is 4.46. The number of aromatic nitrogens is 2. The van der Waals surface area contributed by atoms with Crippen LogP contribution in [0.25, 0.3) is 6.08 Å². The predicted molar refractivity (Wildman–Crippen MR) is 85.6 cm³/mol. The summed E-state index contributed by atoms with van der Waals surface area (Å²) in [6, 6.07) is 0.539. The van der Waals surface area contributed by atoms with Gasteiger partial charge in [-0.05, 0) is 25.7 Å². The number of nitrogens with zero attached hydrogens (tertiary/aromatic N) is 2. The highest BCUT2D eigenvalue weighted by atomic mass is 15.3. The molecule has 0 amide bonds. The average Bonchev–Trinajstić information content (AvgIpc) is 2.76. The molecule has 1 saturated carbocycles. The molecule has 1 fully saturated rings. The van der Waals surface area contributed by atoms with Crippen molar-refractivity contribution in [1.82, 2.24) is 15.1 Å². The van der Waals surface area contributed by atoms with E-state index in [1.165, 1.54) is 43.4 Å². The molecule has 0 atom stereocenters. The molecule has 3 heteroatoms. The van der Waals surface area contributed by atoms with Gasteiger partial charge in [-0.25, -0.2) is 0 Å². The van der Waals surface area contributed by atoms with Crippen molar-refractivity contribution in [2.45, 2.75) is 58.9 Å². The maximum Gasteiger partial charge on any atom is 0.0564 e. The van der Waals surface area contributed by atoms with E-state index >= 15 is 0 Å². The molecular weight excluding hydrogens is 246 g/mol. The fourth-order valence-corrected chi connectivity index (χ4v) is 2.97. The summed E-state index contributed by atoms with van der Waals surface area (Å²) in [5.41, 5.74) is 4.09. The SMILES string of the molecule is Cc1c(C=C(CNC(C)C)C2CCCCC2)cnn1C. The fraction of sp³-hybridized carbons (Fsp3) is 0.706. The normalized spacial score (nSPS) is 17.9. The molecule has 1 aromatic heterocycles. The van der Waals surface area contributed by atoms with Crippen molar-refractivity contribution < 1.29 is 0 Å². The molecule has 0 saturated heterocycles. The Morgan fingerprint density at radius 3 is 2.65 bits per heavy atom. The highest BCUT2D eigenvalue weighted by Gasteiger charge is 2.18. The van der Waals surface area contributed by atoms with E-state index in [0.717, 1.165) is 12.5 Å². The molecule has 20 heavy (non-hydrogen) atoms. The largest absolute Gasteiger partial charge is 0.311 e. The highest BCUT2D eigenvalue weighted by Crippen LogP contribution is 2.31. The van der Waals surface area contributed by atoms with Crippen molar-refractivity contribution in [2.24, 2.45) is 13.0 Å². The first-order chi connectivity index (χ1) is 9.58. The lowest BCUT2D eigenvalue weighted by molar-refractivity contribution is 0.394. The summed E-state index contributed by atoms with van der Waals surface area (Å²) in [6.07, 6.45) is 11.3. The highest BCUT2D eigenvalue weighted by molar-refractivity contribution is 5.55. The Bertz CT molecular complexity index is 451. The van der Waals surface area contributed by atoms with Crippen LogP contribution in [0.3, 0.4) is 0 Å². The van der Waals surface area contributed by atoms with Crippen LogP contribution in [-0.4, -0.2) is 22.4 Å². The molecule has 2 rings (SSSR count). The van der Waals surface area contributed by atoms with E-state index in [0.29, 0.717) is 6.04 Å². The van der Waals surface area contributed by atoms with Gasteiger partial charge in [0, 0.05) is 30.9 Å². The summed E-state index contributed by atoms with van der Waals surface area (Å²) in [5, 5.41) is 7.96. The van der Waals surface area contributed by atoms with E-state index in [4.69, 9.17) is 0 Å². The zero-order valence-electron chi connectivity index (χ0n) is 13.4. The molecule has 1 heterocycles. The lowest BCUT2D eigenvalue weighted by Gasteiger charge is -2.25. The second-order valence-corrected chi connectivity index (χ2v) is 6.40. The van der Waals surface area contributed by atoms with E-state index in [1.54, 1.807) is 5.57 Å². The van der Waals surface area contributed by atoms with Gasteiger partial charge in [0.2, 0.25) is 0 Å². The van der Waals surface area contributed by atoms with Gasteiger partial charge in [-0.3, -0.25) is 4.68 Å². The molecule has 0 unspecified atom stereocenters. The van der Waals surface area contributed by atoms with Crippen LogP contribution in [0, 0.1) is 12.8 Å². The lowest BCUT2D eigenvalue weighted by atomic mass is 9.83. The molecule has 1 aliphatic carbocycles. The Labute approximate surface area is 123 Å². The van der Waals surface area contributed by atoms with E-state index in [-0.39, 0.29) is 0 Å². The summed E-state index contributed by atoms with van der Waals surface area (Å²) < 4.78 is 1.96. The Kier molecular flexibility index (Phi) is 5.41. The second-order valence-electron chi connectivity index (χ2n) is 6.40. The lowest BCUT2D eigenvalue weighted by Crippen LogP contribution is -2.27. The summed E-state index contributed by atoms with van der Waals surface area (Å²) in [7, 11) is 2.01. The van der Waals surface area contributed by atoms with Crippen LogP contribution in [-0.2, 0) is 7.05 Å². The minimum atomic E-state index is 0.539. The second kappa shape index (κ2) is 7.07. The third kappa shape index (κ3) is 3.95. The molecule has 1 aliphatic rings. The molecule has 0 aromatic carbocycles. The van der Waals surface area contributed by atoms with Crippen LogP contribution in [0.15, 0.2) is 11.8 Å². The van der Waals surface area contributed by atoms with E-state index in [1.807, 2.05) is 17.9 Å².